The van der Waals surface area contributed by atoms with Crippen LogP contribution >= 0.6 is 0 Å². The Morgan fingerprint density at radius 1 is 0.321 bits per heavy atom. The van der Waals surface area contributed by atoms with E-state index in [0.29, 0.717) is 5.82 Å². The van der Waals surface area contributed by atoms with Crippen LogP contribution in [0.4, 0.5) is 0 Å². The maximum atomic E-state index is 6.53. The van der Waals surface area contributed by atoms with Gasteiger partial charge in [-0.3, -0.25) is 0 Å². The minimum atomic E-state index is 0.675. The van der Waals surface area contributed by atoms with Crippen LogP contribution in [0.2, 0.25) is 0 Å². The van der Waals surface area contributed by atoms with Crippen LogP contribution in [0.25, 0.3) is 100.0 Å². The number of fused-ring (bicyclic) bond motifs is 4. The van der Waals surface area contributed by atoms with Crippen molar-refractivity contribution in [2.75, 3.05) is 0 Å². The second kappa shape index (κ2) is 12.9. The molecular formula is C50H32N2O. The van der Waals surface area contributed by atoms with E-state index in [0.717, 1.165) is 77.8 Å². The van der Waals surface area contributed by atoms with E-state index in [1.165, 1.54) is 16.3 Å². The lowest BCUT2D eigenvalue weighted by atomic mass is 9.93. The van der Waals surface area contributed by atoms with Gasteiger partial charge in [-0.1, -0.05) is 158 Å². The van der Waals surface area contributed by atoms with E-state index in [1.54, 1.807) is 0 Å². The molecule has 2 aromatic heterocycles. The lowest BCUT2D eigenvalue weighted by Crippen LogP contribution is -1.97. The average molecular weight is 677 g/mol. The van der Waals surface area contributed by atoms with Crippen LogP contribution in [0.3, 0.4) is 0 Å². The van der Waals surface area contributed by atoms with E-state index in [9.17, 15) is 0 Å². The Bertz CT molecular complexity index is 2940. The van der Waals surface area contributed by atoms with Crippen molar-refractivity contribution in [1.82, 2.24) is 9.97 Å². The van der Waals surface area contributed by atoms with Gasteiger partial charge in [-0.05, 0) is 75.0 Å². The minimum Gasteiger partial charge on any atom is -0.455 e. The number of rotatable bonds is 6. The third-order valence-electron chi connectivity index (χ3n) is 10.1. The van der Waals surface area contributed by atoms with Gasteiger partial charge in [-0.2, -0.15) is 0 Å². The standard InChI is InChI=1S/C50H32N2O/c1-3-14-33(15-4-1)38-29-39(43-25-13-26-45-44-23-9-10-27-48(44)53-49(43)45)31-40(30-38)47-32-46(35-17-5-2-6-18-35)51-50(52-47)37-21-11-20-36(28-37)42-24-12-19-34-16-7-8-22-41(34)42/h1-32H. The second-order valence-electron chi connectivity index (χ2n) is 13.4. The molecule has 0 unspecified atom stereocenters. The molecular weight excluding hydrogens is 645 g/mol. The van der Waals surface area contributed by atoms with Crippen molar-refractivity contribution < 1.29 is 4.42 Å². The van der Waals surface area contributed by atoms with Crippen LogP contribution in [-0.2, 0) is 0 Å². The molecule has 0 radical (unpaired) electrons. The highest BCUT2D eigenvalue weighted by Crippen LogP contribution is 2.40. The van der Waals surface area contributed by atoms with Crippen LogP contribution in [0.15, 0.2) is 199 Å². The fourth-order valence-electron chi connectivity index (χ4n) is 7.49. The fourth-order valence-corrected chi connectivity index (χ4v) is 7.49. The van der Waals surface area contributed by atoms with Crippen molar-refractivity contribution in [3.8, 4) is 67.3 Å². The van der Waals surface area contributed by atoms with E-state index in [2.05, 4.69) is 176 Å². The topological polar surface area (TPSA) is 38.9 Å². The number of benzene rings is 8. The zero-order valence-electron chi connectivity index (χ0n) is 28.8. The molecule has 3 nitrogen and oxygen atoms in total. The quantitative estimate of drug-likeness (QED) is 0.176. The summed E-state index contributed by atoms with van der Waals surface area (Å²) in [5, 5.41) is 4.65. The van der Waals surface area contributed by atoms with Gasteiger partial charge in [0.25, 0.3) is 0 Å². The summed E-state index contributed by atoms with van der Waals surface area (Å²) in [6, 6.07) is 68.0. The third kappa shape index (κ3) is 5.65. The summed E-state index contributed by atoms with van der Waals surface area (Å²) in [4.78, 5) is 10.5. The Morgan fingerprint density at radius 3 is 1.72 bits per heavy atom. The SMILES string of the molecule is c1ccc(-c2cc(-c3cc(-c4ccccc4)nc(-c4cccc(-c5cccc6ccccc56)c4)n3)cc(-c3cccc4c3oc3ccccc34)c2)cc1. The molecule has 10 rings (SSSR count). The first-order chi connectivity index (χ1) is 26.2. The molecule has 0 fully saturated rings. The van der Waals surface area contributed by atoms with Gasteiger partial charge in [-0.15, -0.1) is 0 Å². The molecule has 3 heteroatoms. The van der Waals surface area contributed by atoms with E-state index in [1.807, 2.05) is 18.2 Å². The van der Waals surface area contributed by atoms with Crippen LogP contribution < -0.4 is 0 Å². The molecule has 0 N–H and O–H groups in total. The average Bonchev–Trinajstić information content (AvgIpc) is 3.63. The van der Waals surface area contributed by atoms with Crippen molar-refractivity contribution in [3.63, 3.8) is 0 Å². The summed E-state index contributed by atoms with van der Waals surface area (Å²) in [5.74, 6) is 0.675. The summed E-state index contributed by atoms with van der Waals surface area (Å²) < 4.78 is 6.53. The van der Waals surface area contributed by atoms with Gasteiger partial charge in [-0.25, -0.2) is 9.97 Å². The Labute approximate surface area is 307 Å². The normalized spacial score (nSPS) is 11.4. The van der Waals surface area contributed by atoms with Crippen LogP contribution in [-0.4, -0.2) is 9.97 Å². The highest BCUT2D eigenvalue weighted by Gasteiger charge is 2.17. The summed E-state index contributed by atoms with van der Waals surface area (Å²) >= 11 is 0. The minimum absolute atomic E-state index is 0.675. The van der Waals surface area contributed by atoms with Crippen molar-refractivity contribution >= 4 is 32.7 Å². The first-order valence-corrected chi connectivity index (χ1v) is 17.9. The van der Waals surface area contributed by atoms with Gasteiger partial charge < -0.3 is 4.42 Å². The Morgan fingerprint density at radius 2 is 0.868 bits per heavy atom. The Balaban J connectivity index is 1.18. The van der Waals surface area contributed by atoms with Gasteiger partial charge in [0.1, 0.15) is 11.2 Å². The maximum Gasteiger partial charge on any atom is 0.160 e. The number of hydrogen-bond donors (Lipinski definition) is 0. The number of nitrogens with zero attached hydrogens (tertiary/aromatic N) is 2. The summed E-state index contributed by atoms with van der Waals surface area (Å²) in [5.41, 5.74) is 13.1. The van der Waals surface area contributed by atoms with E-state index < -0.39 is 0 Å². The second-order valence-corrected chi connectivity index (χ2v) is 13.4. The number of para-hydroxylation sites is 2. The third-order valence-corrected chi connectivity index (χ3v) is 10.1. The molecule has 8 aromatic carbocycles. The predicted molar refractivity (Wildman–Crippen MR) is 219 cm³/mol. The highest BCUT2D eigenvalue weighted by atomic mass is 16.3. The number of furan rings is 1. The van der Waals surface area contributed by atoms with Crippen LogP contribution in [0.1, 0.15) is 0 Å². The van der Waals surface area contributed by atoms with Gasteiger partial charge in [0, 0.05) is 33.0 Å². The fraction of sp³-hybridized carbons (Fsp3) is 0. The van der Waals surface area contributed by atoms with Crippen molar-refractivity contribution in [3.05, 3.63) is 194 Å². The van der Waals surface area contributed by atoms with Crippen molar-refractivity contribution in [1.29, 1.82) is 0 Å². The van der Waals surface area contributed by atoms with Crippen LogP contribution in [0, 0.1) is 0 Å². The maximum absolute atomic E-state index is 6.53. The van der Waals surface area contributed by atoms with Gasteiger partial charge in [0.05, 0.1) is 11.4 Å². The monoisotopic (exact) mass is 676 g/mol. The highest BCUT2D eigenvalue weighted by molar-refractivity contribution is 6.10. The van der Waals surface area contributed by atoms with Gasteiger partial charge in [0.15, 0.2) is 5.82 Å². The molecule has 10 aromatic rings. The molecule has 0 bridgehead atoms. The Hall–Kier alpha value is -7.10. The largest absolute Gasteiger partial charge is 0.455 e. The molecule has 0 saturated carbocycles. The first-order valence-electron chi connectivity index (χ1n) is 17.9. The smallest absolute Gasteiger partial charge is 0.160 e. The zero-order chi connectivity index (χ0) is 35.1. The molecule has 0 aliphatic carbocycles. The Kier molecular flexibility index (Phi) is 7.47. The predicted octanol–water partition coefficient (Wildman–Crippen LogP) is 13.5. The molecule has 0 aliphatic rings. The lowest BCUT2D eigenvalue weighted by molar-refractivity contribution is 0.670. The van der Waals surface area contributed by atoms with Crippen molar-refractivity contribution in [2.24, 2.45) is 0 Å². The first kappa shape index (κ1) is 30.7. The molecule has 0 saturated heterocycles. The molecule has 0 amide bonds. The molecule has 0 atom stereocenters. The van der Waals surface area contributed by atoms with E-state index in [4.69, 9.17) is 14.4 Å². The number of hydrogen-bond acceptors (Lipinski definition) is 3. The zero-order valence-corrected chi connectivity index (χ0v) is 28.8. The summed E-state index contributed by atoms with van der Waals surface area (Å²) in [7, 11) is 0. The van der Waals surface area contributed by atoms with Crippen LogP contribution in [0.5, 0.6) is 0 Å². The lowest BCUT2D eigenvalue weighted by Gasteiger charge is -2.14. The molecule has 2 heterocycles. The van der Waals surface area contributed by atoms with Gasteiger partial charge in [0.2, 0.25) is 0 Å². The molecule has 0 spiro atoms. The number of aromatic nitrogens is 2. The summed E-state index contributed by atoms with van der Waals surface area (Å²) in [6.45, 7) is 0. The van der Waals surface area contributed by atoms with Gasteiger partial charge >= 0.3 is 0 Å². The van der Waals surface area contributed by atoms with E-state index in [-0.39, 0.29) is 0 Å². The van der Waals surface area contributed by atoms with Crippen molar-refractivity contribution in [2.45, 2.75) is 0 Å². The van der Waals surface area contributed by atoms with E-state index >= 15 is 0 Å². The molecule has 0 aliphatic heterocycles. The molecule has 248 valence electrons. The summed E-state index contributed by atoms with van der Waals surface area (Å²) in [6.07, 6.45) is 0. The molecule has 53 heavy (non-hydrogen) atoms.